The minimum Gasteiger partial charge on any atom is -0.480 e. The zero-order chi connectivity index (χ0) is 15.2. The number of ether oxygens (including phenoxy) is 1. The van der Waals surface area contributed by atoms with Gasteiger partial charge in [-0.05, 0) is 54.0 Å². The monoisotopic (exact) mass is 350 g/mol. The minimum atomic E-state index is -0.667. The van der Waals surface area contributed by atoms with Gasteiger partial charge in [0, 0.05) is 0 Å². The molecule has 0 unspecified atom stereocenters. The van der Waals surface area contributed by atoms with Crippen LogP contribution in [0.3, 0.4) is 0 Å². The van der Waals surface area contributed by atoms with Crippen LogP contribution in [0.5, 0.6) is 5.75 Å². The molecule has 0 radical (unpaired) electrons. The Morgan fingerprint density at radius 1 is 1.38 bits per heavy atom. The van der Waals surface area contributed by atoms with Crippen molar-refractivity contribution in [1.82, 2.24) is 5.43 Å². The van der Waals surface area contributed by atoms with Gasteiger partial charge in [-0.3, -0.25) is 4.79 Å². The van der Waals surface area contributed by atoms with Crippen LogP contribution in [0, 0.1) is 6.92 Å². The van der Waals surface area contributed by atoms with Gasteiger partial charge in [0.15, 0.2) is 6.10 Å². The molecule has 1 heterocycles. The fourth-order valence-corrected chi connectivity index (χ4v) is 1.94. The second-order valence-corrected chi connectivity index (χ2v) is 5.23. The van der Waals surface area contributed by atoms with Crippen LogP contribution in [0.15, 0.2) is 50.4 Å². The number of benzene rings is 1. The van der Waals surface area contributed by atoms with Crippen LogP contribution < -0.4 is 10.2 Å². The highest BCUT2D eigenvalue weighted by molar-refractivity contribution is 9.10. The minimum absolute atomic E-state index is 0.342. The van der Waals surface area contributed by atoms with Gasteiger partial charge < -0.3 is 9.15 Å². The molecule has 0 spiro atoms. The highest BCUT2D eigenvalue weighted by Gasteiger charge is 2.15. The lowest BCUT2D eigenvalue weighted by Crippen LogP contribution is -2.33. The lowest BCUT2D eigenvalue weighted by Gasteiger charge is -2.13. The third kappa shape index (κ3) is 4.46. The summed E-state index contributed by atoms with van der Waals surface area (Å²) in [5, 5.41) is 3.83. The Morgan fingerprint density at radius 3 is 2.81 bits per heavy atom. The number of carbonyl (C=O) groups is 1. The van der Waals surface area contributed by atoms with Crippen molar-refractivity contribution in [3.05, 3.63) is 52.4 Å². The number of nitrogens with one attached hydrogen (secondary N) is 1. The molecule has 110 valence electrons. The molecule has 0 saturated carbocycles. The number of amides is 1. The summed E-state index contributed by atoms with van der Waals surface area (Å²) in [7, 11) is 0. The average molecular weight is 351 g/mol. The molecule has 0 aliphatic carbocycles. The summed E-state index contributed by atoms with van der Waals surface area (Å²) >= 11 is 3.36. The van der Waals surface area contributed by atoms with E-state index in [1.54, 1.807) is 19.1 Å². The first kappa shape index (κ1) is 15.3. The van der Waals surface area contributed by atoms with Gasteiger partial charge in [0.1, 0.15) is 17.3 Å². The molecule has 1 aromatic heterocycles. The van der Waals surface area contributed by atoms with Crippen LogP contribution >= 0.6 is 15.9 Å². The Morgan fingerprint density at radius 2 is 2.14 bits per heavy atom. The number of hydrazone groups is 1. The van der Waals surface area contributed by atoms with Gasteiger partial charge in [0.2, 0.25) is 0 Å². The number of aryl methyl sites for hydroxylation is 1. The number of hydrogen-bond donors (Lipinski definition) is 1. The van der Waals surface area contributed by atoms with Gasteiger partial charge >= 0.3 is 0 Å². The molecular formula is C15H15BrN2O3. The molecule has 2 rings (SSSR count). The topological polar surface area (TPSA) is 63.8 Å². The first-order valence-electron chi connectivity index (χ1n) is 6.37. The van der Waals surface area contributed by atoms with Gasteiger partial charge in [-0.1, -0.05) is 12.1 Å². The number of halogens is 1. The van der Waals surface area contributed by atoms with Crippen LogP contribution in [-0.2, 0) is 4.79 Å². The third-order valence-corrected chi connectivity index (χ3v) is 3.29. The van der Waals surface area contributed by atoms with Crippen LogP contribution in [0.1, 0.15) is 18.4 Å². The van der Waals surface area contributed by atoms with E-state index in [1.807, 2.05) is 31.2 Å². The molecule has 1 N–H and O–H groups in total. The first-order chi connectivity index (χ1) is 10.1. The Bertz CT molecular complexity index is 652. The Balaban J connectivity index is 1.88. The van der Waals surface area contributed by atoms with Crippen molar-refractivity contribution in [1.29, 1.82) is 0 Å². The van der Waals surface area contributed by atoms with Gasteiger partial charge in [0.05, 0.1) is 10.7 Å². The van der Waals surface area contributed by atoms with Crippen molar-refractivity contribution in [3.63, 3.8) is 0 Å². The number of nitrogens with zero attached hydrogens (tertiary/aromatic N) is 1. The Labute approximate surface area is 131 Å². The van der Waals surface area contributed by atoms with Crippen LogP contribution in [0.25, 0.3) is 0 Å². The number of hydrogen-bond acceptors (Lipinski definition) is 4. The van der Waals surface area contributed by atoms with E-state index >= 15 is 0 Å². The van der Waals surface area contributed by atoms with Crippen LogP contribution in [0.2, 0.25) is 0 Å². The van der Waals surface area contributed by atoms with Crippen molar-refractivity contribution in [2.24, 2.45) is 5.10 Å². The fourth-order valence-electron chi connectivity index (χ4n) is 1.56. The summed E-state index contributed by atoms with van der Waals surface area (Å²) in [6, 6.07) is 10.9. The van der Waals surface area contributed by atoms with E-state index in [0.717, 1.165) is 10.2 Å². The maximum Gasteiger partial charge on any atom is 0.280 e. The Kier molecular flexibility index (Phi) is 5.16. The molecule has 0 fully saturated rings. The molecule has 21 heavy (non-hydrogen) atoms. The van der Waals surface area contributed by atoms with E-state index in [9.17, 15) is 4.79 Å². The second kappa shape index (κ2) is 7.08. The molecule has 2 aromatic rings. The van der Waals surface area contributed by atoms with Crippen molar-refractivity contribution in [3.8, 4) is 5.75 Å². The average Bonchev–Trinajstić information content (AvgIpc) is 2.87. The molecule has 0 bridgehead atoms. The largest absolute Gasteiger partial charge is 0.480 e. The Hall–Kier alpha value is -2.08. The molecule has 1 aromatic carbocycles. The predicted octanol–water partition coefficient (Wildman–Crippen LogP) is 3.27. The lowest BCUT2D eigenvalue weighted by molar-refractivity contribution is -0.127. The molecule has 0 saturated heterocycles. The molecule has 0 aliphatic rings. The van der Waals surface area contributed by atoms with E-state index in [4.69, 9.17) is 9.15 Å². The second-order valence-electron chi connectivity index (χ2n) is 4.37. The maximum atomic E-state index is 11.9. The zero-order valence-corrected chi connectivity index (χ0v) is 13.3. The molecule has 0 aliphatic heterocycles. The molecule has 5 nitrogen and oxygen atoms in total. The summed E-state index contributed by atoms with van der Waals surface area (Å²) in [5.41, 5.74) is 2.41. The smallest absolute Gasteiger partial charge is 0.280 e. The standard InChI is InChI=1S/C15H15BrN2O3/c1-10-7-8-12(20-10)9-17-18-15(19)11(2)21-14-6-4-3-5-13(14)16/h3-9,11H,1-2H3,(H,18,19)/b17-9-/t11-/m0/s1. The molecule has 6 heteroatoms. The SMILES string of the molecule is Cc1ccc(/C=N\NC(=O)[C@H](C)Oc2ccccc2Br)o1. The van der Waals surface area contributed by atoms with Crippen LogP contribution in [-0.4, -0.2) is 18.2 Å². The summed E-state index contributed by atoms with van der Waals surface area (Å²) in [6.45, 7) is 3.49. The van der Waals surface area contributed by atoms with E-state index in [0.29, 0.717) is 11.5 Å². The van der Waals surface area contributed by atoms with Gasteiger partial charge in [-0.25, -0.2) is 5.43 Å². The lowest BCUT2D eigenvalue weighted by atomic mass is 10.3. The van der Waals surface area contributed by atoms with Crippen LogP contribution in [0.4, 0.5) is 0 Å². The molecule has 1 atom stereocenters. The van der Waals surface area contributed by atoms with E-state index in [1.165, 1.54) is 6.21 Å². The fraction of sp³-hybridized carbons (Fsp3) is 0.200. The summed E-state index contributed by atoms with van der Waals surface area (Å²) < 4.78 is 11.6. The highest BCUT2D eigenvalue weighted by atomic mass is 79.9. The predicted molar refractivity (Wildman–Crippen MR) is 83.4 cm³/mol. The molecule has 1 amide bonds. The van der Waals surface area contributed by atoms with Gasteiger partial charge in [-0.2, -0.15) is 5.10 Å². The number of furan rings is 1. The van der Waals surface area contributed by atoms with Crippen molar-refractivity contribution >= 4 is 28.1 Å². The van der Waals surface area contributed by atoms with Gasteiger partial charge in [0.25, 0.3) is 5.91 Å². The summed E-state index contributed by atoms with van der Waals surface area (Å²) in [6.07, 6.45) is 0.773. The first-order valence-corrected chi connectivity index (χ1v) is 7.16. The van der Waals surface area contributed by atoms with Crippen molar-refractivity contribution in [2.45, 2.75) is 20.0 Å². The zero-order valence-electron chi connectivity index (χ0n) is 11.7. The van der Waals surface area contributed by atoms with E-state index in [-0.39, 0.29) is 5.91 Å². The van der Waals surface area contributed by atoms with Crippen molar-refractivity contribution in [2.75, 3.05) is 0 Å². The van der Waals surface area contributed by atoms with E-state index < -0.39 is 6.10 Å². The number of rotatable bonds is 5. The summed E-state index contributed by atoms with van der Waals surface area (Å²) in [5.74, 6) is 1.62. The van der Waals surface area contributed by atoms with Crippen molar-refractivity contribution < 1.29 is 13.9 Å². The third-order valence-electron chi connectivity index (χ3n) is 2.64. The normalized spacial score (nSPS) is 12.3. The molecular weight excluding hydrogens is 336 g/mol. The van der Waals surface area contributed by atoms with Gasteiger partial charge in [-0.15, -0.1) is 0 Å². The number of carbonyl (C=O) groups excluding carboxylic acids is 1. The summed E-state index contributed by atoms with van der Waals surface area (Å²) in [4.78, 5) is 11.9. The maximum absolute atomic E-state index is 11.9. The quantitative estimate of drug-likeness (QED) is 0.664. The number of para-hydroxylation sites is 1. The highest BCUT2D eigenvalue weighted by Crippen LogP contribution is 2.24. The van der Waals surface area contributed by atoms with E-state index in [2.05, 4.69) is 26.5 Å².